The highest BCUT2D eigenvalue weighted by atomic mass is 127. The number of halogens is 1. The van der Waals surface area contributed by atoms with Crippen LogP contribution in [-0.2, 0) is 6.54 Å². The molecule has 0 aliphatic carbocycles. The van der Waals surface area contributed by atoms with Crippen LogP contribution in [0.2, 0.25) is 0 Å². The summed E-state index contributed by atoms with van der Waals surface area (Å²) in [6.07, 6.45) is 0.973. The van der Waals surface area contributed by atoms with Gasteiger partial charge < -0.3 is 16.4 Å². The molecular formula is C12H21IN4. The topological polar surface area (TPSA) is 67.6 Å². The molecule has 0 radical (unpaired) electrons. The number of hydrogen-bond acceptors (Lipinski definition) is 2. The van der Waals surface area contributed by atoms with Crippen molar-refractivity contribution in [2.45, 2.75) is 13.0 Å². The van der Waals surface area contributed by atoms with E-state index in [1.165, 1.54) is 5.56 Å². The third-order valence-electron chi connectivity index (χ3n) is 2.29. The average Bonchev–Trinajstić information content (AvgIpc) is 2.25. The molecule has 0 unspecified atom stereocenters. The molecule has 1 rings (SSSR count). The lowest BCUT2D eigenvalue weighted by atomic mass is 10.2. The summed E-state index contributed by atoms with van der Waals surface area (Å²) >= 11 is 0. The van der Waals surface area contributed by atoms with Gasteiger partial charge in [0.2, 0.25) is 0 Å². The van der Waals surface area contributed by atoms with Gasteiger partial charge in [-0.05, 0) is 25.6 Å². The molecule has 0 aliphatic heterocycles. The van der Waals surface area contributed by atoms with Crippen molar-refractivity contribution in [3.8, 4) is 0 Å². The number of benzene rings is 1. The van der Waals surface area contributed by atoms with Crippen LogP contribution in [0.1, 0.15) is 12.0 Å². The number of nitrogens with zero attached hydrogens (tertiary/aromatic N) is 2. The monoisotopic (exact) mass is 348 g/mol. The van der Waals surface area contributed by atoms with Crippen LogP contribution >= 0.6 is 24.0 Å². The lowest BCUT2D eigenvalue weighted by Crippen LogP contribution is -2.24. The first-order chi connectivity index (χ1) is 7.68. The smallest absolute Gasteiger partial charge is 0.185 e. The van der Waals surface area contributed by atoms with Crippen LogP contribution in [0.15, 0.2) is 35.3 Å². The van der Waals surface area contributed by atoms with Crippen LogP contribution < -0.4 is 11.5 Å². The van der Waals surface area contributed by atoms with Crippen LogP contribution in [0.3, 0.4) is 0 Å². The summed E-state index contributed by atoms with van der Waals surface area (Å²) in [7, 11) is 2.10. The molecule has 1 aromatic rings. The normalized spacial score (nSPS) is 9.76. The van der Waals surface area contributed by atoms with Gasteiger partial charge in [-0.15, -0.1) is 24.0 Å². The summed E-state index contributed by atoms with van der Waals surface area (Å²) in [5.74, 6) is 0.172. The van der Waals surface area contributed by atoms with E-state index in [1.54, 1.807) is 0 Å². The van der Waals surface area contributed by atoms with E-state index in [9.17, 15) is 0 Å². The molecule has 0 atom stereocenters. The standard InChI is InChI=1S/C12H20N4.HI/c1-16(9-5-8-15-12(13)14)10-11-6-3-2-4-7-11;/h2-4,6-7H,5,8-10H2,1H3,(H4,13,14,15);1H. The van der Waals surface area contributed by atoms with Gasteiger partial charge in [-0.1, -0.05) is 30.3 Å². The van der Waals surface area contributed by atoms with Gasteiger partial charge in [-0.25, -0.2) is 0 Å². The van der Waals surface area contributed by atoms with Gasteiger partial charge in [0, 0.05) is 13.1 Å². The molecular weight excluding hydrogens is 327 g/mol. The Labute approximate surface area is 120 Å². The molecule has 0 aromatic heterocycles. The molecule has 0 heterocycles. The van der Waals surface area contributed by atoms with Gasteiger partial charge in [-0.3, -0.25) is 4.99 Å². The Kier molecular flexibility index (Phi) is 8.79. The van der Waals surface area contributed by atoms with Gasteiger partial charge >= 0.3 is 0 Å². The van der Waals surface area contributed by atoms with Crippen molar-refractivity contribution < 1.29 is 0 Å². The summed E-state index contributed by atoms with van der Waals surface area (Å²) in [5, 5.41) is 0. The molecule has 0 saturated carbocycles. The fraction of sp³-hybridized carbons (Fsp3) is 0.417. The highest BCUT2D eigenvalue weighted by Gasteiger charge is 1.98. The lowest BCUT2D eigenvalue weighted by Gasteiger charge is -2.15. The quantitative estimate of drug-likeness (QED) is 0.353. The Bertz CT molecular complexity index is 323. The van der Waals surface area contributed by atoms with E-state index in [1.807, 2.05) is 6.07 Å². The summed E-state index contributed by atoms with van der Waals surface area (Å²) in [6.45, 7) is 2.65. The summed E-state index contributed by atoms with van der Waals surface area (Å²) in [5.41, 5.74) is 11.8. The maximum Gasteiger partial charge on any atom is 0.185 e. The Hall–Kier alpha value is -0.820. The second kappa shape index (κ2) is 9.23. The summed E-state index contributed by atoms with van der Waals surface area (Å²) in [6, 6.07) is 10.4. The number of rotatable bonds is 6. The molecule has 17 heavy (non-hydrogen) atoms. The van der Waals surface area contributed by atoms with Crippen molar-refractivity contribution in [3.63, 3.8) is 0 Å². The van der Waals surface area contributed by atoms with Crippen LogP contribution in [0.5, 0.6) is 0 Å². The Balaban J connectivity index is 0.00000256. The number of nitrogens with two attached hydrogens (primary N) is 2. The number of hydrogen-bond donors (Lipinski definition) is 2. The maximum absolute atomic E-state index is 5.25. The third kappa shape index (κ3) is 7.98. The highest BCUT2D eigenvalue weighted by molar-refractivity contribution is 14.0. The second-order valence-corrected chi connectivity index (χ2v) is 3.88. The first kappa shape index (κ1) is 16.2. The van der Waals surface area contributed by atoms with E-state index in [4.69, 9.17) is 11.5 Å². The zero-order valence-electron chi connectivity index (χ0n) is 10.2. The highest BCUT2D eigenvalue weighted by Crippen LogP contribution is 2.02. The fourth-order valence-corrected chi connectivity index (χ4v) is 1.52. The average molecular weight is 348 g/mol. The van der Waals surface area contributed by atoms with Crippen LogP contribution in [0.4, 0.5) is 0 Å². The molecule has 96 valence electrons. The number of aliphatic imine (C=N–C) groups is 1. The summed E-state index contributed by atoms with van der Waals surface area (Å²) < 4.78 is 0. The minimum absolute atomic E-state index is 0. The predicted molar refractivity (Wildman–Crippen MR) is 83.5 cm³/mol. The molecule has 0 bridgehead atoms. The molecule has 0 aliphatic rings. The van der Waals surface area contributed by atoms with Crippen LogP contribution in [0, 0.1) is 0 Å². The van der Waals surface area contributed by atoms with Crippen molar-refractivity contribution in [3.05, 3.63) is 35.9 Å². The lowest BCUT2D eigenvalue weighted by molar-refractivity contribution is 0.324. The van der Waals surface area contributed by atoms with Gasteiger partial charge in [0.25, 0.3) is 0 Å². The maximum atomic E-state index is 5.25. The molecule has 5 heteroatoms. The Morgan fingerprint density at radius 3 is 2.47 bits per heavy atom. The first-order valence-electron chi connectivity index (χ1n) is 5.46. The molecule has 4 nitrogen and oxygen atoms in total. The number of guanidine groups is 1. The zero-order chi connectivity index (χ0) is 11.8. The molecule has 1 aromatic carbocycles. The minimum Gasteiger partial charge on any atom is -0.370 e. The molecule has 0 saturated heterocycles. The van der Waals surface area contributed by atoms with E-state index in [2.05, 4.69) is 41.2 Å². The van der Waals surface area contributed by atoms with E-state index in [-0.39, 0.29) is 29.9 Å². The van der Waals surface area contributed by atoms with Crippen molar-refractivity contribution >= 4 is 29.9 Å². The fourth-order valence-electron chi connectivity index (χ4n) is 1.52. The largest absolute Gasteiger partial charge is 0.370 e. The van der Waals surface area contributed by atoms with Crippen molar-refractivity contribution in [1.29, 1.82) is 0 Å². The van der Waals surface area contributed by atoms with E-state index < -0.39 is 0 Å². The van der Waals surface area contributed by atoms with Crippen molar-refractivity contribution in [2.24, 2.45) is 16.5 Å². The first-order valence-corrected chi connectivity index (χ1v) is 5.46. The van der Waals surface area contributed by atoms with Gasteiger partial charge in [-0.2, -0.15) is 0 Å². The minimum atomic E-state index is 0. The SMILES string of the molecule is CN(CCCN=C(N)N)Cc1ccccc1.I. The van der Waals surface area contributed by atoms with Gasteiger partial charge in [0.1, 0.15) is 0 Å². The van der Waals surface area contributed by atoms with E-state index >= 15 is 0 Å². The second-order valence-electron chi connectivity index (χ2n) is 3.88. The summed E-state index contributed by atoms with van der Waals surface area (Å²) in [4.78, 5) is 6.21. The molecule has 4 N–H and O–H groups in total. The van der Waals surface area contributed by atoms with E-state index in [0.717, 1.165) is 19.5 Å². The zero-order valence-corrected chi connectivity index (χ0v) is 12.5. The van der Waals surface area contributed by atoms with Gasteiger partial charge in [0.05, 0.1) is 0 Å². The van der Waals surface area contributed by atoms with Crippen molar-refractivity contribution in [2.75, 3.05) is 20.1 Å². The molecule has 0 fully saturated rings. The van der Waals surface area contributed by atoms with Gasteiger partial charge in [0.15, 0.2) is 5.96 Å². The molecule has 0 amide bonds. The van der Waals surface area contributed by atoms with E-state index in [0.29, 0.717) is 6.54 Å². The van der Waals surface area contributed by atoms with Crippen molar-refractivity contribution in [1.82, 2.24) is 4.90 Å². The van der Waals surface area contributed by atoms with Crippen LogP contribution in [0.25, 0.3) is 0 Å². The Morgan fingerprint density at radius 2 is 1.88 bits per heavy atom. The predicted octanol–water partition coefficient (Wildman–Crippen LogP) is 1.40. The van der Waals surface area contributed by atoms with Crippen LogP contribution in [-0.4, -0.2) is 31.0 Å². The molecule has 0 spiro atoms. The third-order valence-corrected chi connectivity index (χ3v) is 2.29. The Morgan fingerprint density at radius 1 is 1.24 bits per heavy atom.